The SMILES string of the molecule is COc1ccc(/C=C(/C(=O)N2CCc3ccc(C(=O)NO)cc3C2)c2cccc(F)c2)c(OC)c1. The standard InChI is InChI=1S/C27H25FN2O5/c1-34-23-9-8-19(25(15-23)35-2)14-24(18-4-3-5-22(28)13-18)27(32)30-11-10-17-6-7-20(26(31)29-33)12-21(17)16-30/h3-9,12-15,33H,10-11,16H2,1-2H3,(H,29,31)/b24-14+. The molecule has 180 valence electrons. The zero-order valence-electron chi connectivity index (χ0n) is 19.4. The van der Waals surface area contributed by atoms with E-state index in [9.17, 15) is 14.0 Å². The first-order valence-electron chi connectivity index (χ1n) is 11.0. The maximum atomic E-state index is 14.1. The molecule has 4 rings (SSSR count). The number of benzene rings is 3. The Morgan fingerprint density at radius 1 is 1.00 bits per heavy atom. The van der Waals surface area contributed by atoms with Crippen molar-refractivity contribution in [1.82, 2.24) is 10.4 Å². The molecule has 0 fully saturated rings. The summed E-state index contributed by atoms with van der Waals surface area (Å²) in [4.78, 5) is 27.3. The highest BCUT2D eigenvalue weighted by Gasteiger charge is 2.25. The van der Waals surface area contributed by atoms with E-state index in [0.29, 0.717) is 46.7 Å². The molecule has 0 aliphatic carbocycles. The van der Waals surface area contributed by atoms with Gasteiger partial charge in [0, 0.05) is 35.9 Å². The molecule has 8 heteroatoms. The van der Waals surface area contributed by atoms with E-state index < -0.39 is 11.7 Å². The molecule has 0 radical (unpaired) electrons. The van der Waals surface area contributed by atoms with Gasteiger partial charge >= 0.3 is 0 Å². The number of carbonyl (C=O) groups excluding carboxylic acids is 2. The highest BCUT2D eigenvalue weighted by atomic mass is 19.1. The summed E-state index contributed by atoms with van der Waals surface area (Å²) in [6, 6.07) is 16.3. The molecule has 35 heavy (non-hydrogen) atoms. The first-order chi connectivity index (χ1) is 16.9. The van der Waals surface area contributed by atoms with Crippen molar-refractivity contribution in [3.05, 3.63) is 94.3 Å². The van der Waals surface area contributed by atoms with Gasteiger partial charge < -0.3 is 14.4 Å². The van der Waals surface area contributed by atoms with E-state index in [2.05, 4.69) is 0 Å². The third kappa shape index (κ3) is 5.17. The quantitative estimate of drug-likeness (QED) is 0.242. The Kier molecular flexibility index (Phi) is 7.12. The van der Waals surface area contributed by atoms with Crippen molar-refractivity contribution in [2.24, 2.45) is 0 Å². The second-order valence-corrected chi connectivity index (χ2v) is 8.08. The van der Waals surface area contributed by atoms with Gasteiger partial charge in [0.05, 0.1) is 14.2 Å². The van der Waals surface area contributed by atoms with Crippen LogP contribution in [-0.2, 0) is 17.8 Å². The Hall–Kier alpha value is -4.17. The van der Waals surface area contributed by atoms with Crippen LogP contribution in [0.15, 0.2) is 60.7 Å². The van der Waals surface area contributed by atoms with Gasteiger partial charge in [0.25, 0.3) is 11.8 Å². The van der Waals surface area contributed by atoms with Gasteiger partial charge in [-0.1, -0.05) is 18.2 Å². The van der Waals surface area contributed by atoms with Gasteiger partial charge in [-0.25, -0.2) is 9.87 Å². The van der Waals surface area contributed by atoms with Crippen LogP contribution in [-0.4, -0.2) is 42.7 Å². The number of hydroxylamine groups is 1. The van der Waals surface area contributed by atoms with E-state index >= 15 is 0 Å². The number of carbonyl (C=O) groups is 2. The third-order valence-electron chi connectivity index (χ3n) is 5.98. The van der Waals surface area contributed by atoms with Crippen LogP contribution in [0.4, 0.5) is 4.39 Å². The molecule has 1 heterocycles. The molecule has 3 aromatic rings. The summed E-state index contributed by atoms with van der Waals surface area (Å²) in [5.74, 6) is -0.242. The number of fused-ring (bicyclic) bond motifs is 1. The number of amides is 2. The fourth-order valence-corrected chi connectivity index (χ4v) is 4.12. The van der Waals surface area contributed by atoms with Gasteiger partial charge in [0.1, 0.15) is 17.3 Å². The average molecular weight is 477 g/mol. The Morgan fingerprint density at radius 2 is 1.83 bits per heavy atom. The lowest BCUT2D eigenvalue weighted by atomic mass is 9.95. The summed E-state index contributed by atoms with van der Waals surface area (Å²) in [5.41, 5.74) is 5.14. The predicted octanol–water partition coefficient (Wildman–Crippen LogP) is 4.09. The number of rotatable bonds is 6. The van der Waals surface area contributed by atoms with Gasteiger partial charge in [-0.05, 0) is 65.6 Å². The molecule has 0 atom stereocenters. The van der Waals surface area contributed by atoms with E-state index in [1.807, 2.05) is 6.07 Å². The third-order valence-corrected chi connectivity index (χ3v) is 5.98. The van der Waals surface area contributed by atoms with Crippen molar-refractivity contribution >= 4 is 23.5 Å². The molecule has 1 aliphatic rings. The molecular formula is C27H25FN2O5. The first-order valence-corrected chi connectivity index (χ1v) is 11.0. The molecule has 0 saturated carbocycles. The van der Waals surface area contributed by atoms with Crippen LogP contribution in [0.1, 0.15) is 32.6 Å². The number of hydrogen-bond donors (Lipinski definition) is 2. The van der Waals surface area contributed by atoms with Gasteiger partial charge in [0.15, 0.2) is 0 Å². The Balaban J connectivity index is 1.73. The van der Waals surface area contributed by atoms with Crippen LogP contribution in [0.5, 0.6) is 11.5 Å². The van der Waals surface area contributed by atoms with Crippen LogP contribution < -0.4 is 15.0 Å². The minimum Gasteiger partial charge on any atom is -0.497 e. The lowest BCUT2D eigenvalue weighted by molar-refractivity contribution is -0.125. The highest BCUT2D eigenvalue weighted by molar-refractivity contribution is 6.24. The number of nitrogens with one attached hydrogen (secondary N) is 1. The highest BCUT2D eigenvalue weighted by Crippen LogP contribution is 2.31. The van der Waals surface area contributed by atoms with E-state index in [4.69, 9.17) is 14.7 Å². The number of nitrogens with zero attached hydrogens (tertiary/aromatic N) is 1. The monoisotopic (exact) mass is 476 g/mol. The van der Waals surface area contributed by atoms with Crippen molar-refractivity contribution in [1.29, 1.82) is 0 Å². The molecule has 7 nitrogen and oxygen atoms in total. The molecular weight excluding hydrogens is 451 g/mol. The zero-order valence-corrected chi connectivity index (χ0v) is 19.4. The maximum absolute atomic E-state index is 14.1. The molecule has 0 saturated heterocycles. The summed E-state index contributed by atoms with van der Waals surface area (Å²) < 4.78 is 24.9. The molecule has 0 bridgehead atoms. The number of methoxy groups -OCH3 is 2. The largest absolute Gasteiger partial charge is 0.497 e. The summed E-state index contributed by atoms with van der Waals surface area (Å²) >= 11 is 0. The van der Waals surface area contributed by atoms with E-state index in [1.54, 1.807) is 66.0 Å². The zero-order chi connectivity index (χ0) is 24.9. The fourth-order valence-electron chi connectivity index (χ4n) is 4.12. The van der Waals surface area contributed by atoms with Gasteiger partial charge in [0.2, 0.25) is 0 Å². The summed E-state index contributed by atoms with van der Waals surface area (Å²) in [6.07, 6.45) is 2.28. The molecule has 3 aromatic carbocycles. The van der Waals surface area contributed by atoms with E-state index in [0.717, 1.165) is 11.1 Å². The van der Waals surface area contributed by atoms with Gasteiger partial charge in [-0.3, -0.25) is 14.8 Å². The summed E-state index contributed by atoms with van der Waals surface area (Å²) in [6.45, 7) is 0.733. The maximum Gasteiger partial charge on any atom is 0.274 e. The number of halogens is 1. The van der Waals surface area contributed by atoms with E-state index in [-0.39, 0.29) is 12.5 Å². The smallest absolute Gasteiger partial charge is 0.274 e. The molecule has 2 N–H and O–H groups in total. The molecule has 0 aromatic heterocycles. The van der Waals surface area contributed by atoms with Crippen LogP contribution in [0, 0.1) is 5.82 Å². The van der Waals surface area contributed by atoms with Crippen molar-refractivity contribution in [2.75, 3.05) is 20.8 Å². The van der Waals surface area contributed by atoms with Crippen molar-refractivity contribution in [2.45, 2.75) is 13.0 Å². The summed E-state index contributed by atoms with van der Waals surface area (Å²) in [5, 5.41) is 8.95. The minimum atomic E-state index is -0.622. The van der Waals surface area contributed by atoms with Crippen molar-refractivity contribution in [3.8, 4) is 11.5 Å². The van der Waals surface area contributed by atoms with Crippen molar-refractivity contribution in [3.63, 3.8) is 0 Å². The van der Waals surface area contributed by atoms with Gasteiger partial charge in [-0.15, -0.1) is 0 Å². The lowest BCUT2D eigenvalue weighted by Gasteiger charge is -2.30. The Labute approximate surface area is 202 Å². The molecule has 0 spiro atoms. The van der Waals surface area contributed by atoms with Crippen LogP contribution in [0.25, 0.3) is 11.6 Å². The average Bonchev–Trinajstić information content (AvgIpc) is 2.90. The number of ether oxygens (including phenoxy) is 2. The Morgan fingerprint density at radius 3 is 2.54 bits per heavy atom. The second-order valence-electron chi connectivity index (χ2n) is 8.08. The second kappa shape index (κ2) is 10.4. The first kappa shape index (κ1) is 24.0. The van der Waals surface area contributed by atoms with Gasteiger partial charge in [-0.2, -0.15) is 0 Å². The van der Waals surface area contributed by atoms with Crippen LogP contribution in [0.2, 0.25) is 0 Å². The normalized spacial score (nSPS) is 13.1. The minimum absolute atomic E-state index is 0.271. The fraction of sp³-hybridized carbons (Fsp3) is 0.185. The number of hydrogen-bond acceptors (Lipinski definition) is 5. The summed E-state index contributed by atoms with van der Waals surface area (Å²) in [7, 11) is 3.08. The molecule has 2 amide bonds. The van der Waals surface area contributed by atoms with E-state index in [1.165, 1.54) is 19.2 Å². The van der Waals surface area contributed by atoms with Crippen LogP contribution in [0.3, 0.4) is 0 Å². The molecule has 1 aliphatic heterocycles. The lowest BCUT2D eigenvalue weighted by Crippen LogP contribution is -2.36. The van der Waals surface area contributed by atoms with Crippen LogP contribution >= 0.6 is 0 Å². The van der Waals surface area contributed by atoms with Crippen molar-refractivity contribution < 1.29 is 28.7 Å². The topological polar surface area (TPSA) is 88.1 Å². The predicted molar refractivity (Wildman–Crippen MR) is 129 cm³/mol. The Bertz CT molecular complexity index is 1300. The molecule has 0 unspecified atom stereocenters.